The van der Waals surface area contributed by atoms with Gasteiger partial charge >= 0.3 is 0 Å². The molecule has 3 aliphatic rings. The van der Waals surface area contributed by atoms with Gasteiger partial charge in [-0.15, -0.1) is 5.10 Å². The van der Waals surface area contributed by atoms with Crippen molar-refractivity contribution in [2.24, 2.45) is 5.92 Å². The fourth-order valence-corrected chi connectivity index (χ4v) is 9.90. The van der Waals surface area contributed by atoms with E-state index in [4.69, 9.17) is 9.47 Å². The molecule has 7 rings (SSSR count). The van der Waals surface area contributed by atoms with Crippen LogP contribution in [0.5, 0.6) is 11.5 Å². The molecule has 45 heavy (non-hydrogen) atoms. The summed E-state index contributed by atoms with van der Waals surface area (Å²) in [6.07, 6.45) is 2.28. The molecule has 1 spiro atoms. The Morgan fingerprint density at radius 1 is 1.04 bits per heavy atom. The average molecular weight is 626 g/mol. The number of aromatic nitrogens is 3. The van der Waals surface area contributed by atoms with E-state index in [2.05, 4.69) is 15.6 Å². The summed E-state index contributed by atoms with van der Waals surface area (Å²) in [5, 5.41) is 20.6. The highest BCUT2D eigenvalue weighted by Crippen LogP contribution is 2.59. The Morgan fingerprint density at radius 2 is 1.80 bits per heavy atom. The quantitative estimate of drug-likeness (QED) is 0.251. The van der Waals surface area contributed by atoms with Crippen LogP contribution in [0.1, 0.15) is 35.0 Å². The SMILES string of the molecule is C[C@H]1[C@H]([Si](C)(C)O)[C@@H](CCn2cc(CCO)nn2)O[C@]12C(=O)Nc1ccc(N3C(=O)c4ccccc4Oc4ccccc43)cc12. The fraction of sp³-hybridized carbons (Fsp3) is 0.333. The molecule has 1 fully saturated rings. The number of nitrogens with one attached hydrogen (secondary N) is 1. The summed E-state index contributed by atoms with van der Waals surface area (Å²) >= 11 is 0. The Bertz CT molecular complexity index is 1800. The molecule has 0 radical (unpaired) electrons. The first-order valence-corrected chi connectivity index (χ1v) is 18.2. The zero-order valence-electron chi connectivity index (χ0n) is 25.3. The third-order valence-electron chi connectivity index (χ3n) is 9.22. The van der Waals surface area contributed by atoms with Gasteiger partial charge in [0.2, 0.25) is 0 Å². The molecule has 2 amide bonds. The second-order valence-electron chi connectivity index (χ2n) is 12.5. The van der Waals surface area contributed by atoms with Crippen molar-refractivity contribution in [3.05, 3.63) is 89.7 Å². The number of hydrogen-bond acceptors (Lipinski definition) is 8. The highest BCUT2D eigenvalue weighted by molar-refractivity contribution is 6.71. The summed E-state index contributed by atoms with van der Waals surface area (Å²) in [6, 6.07) is 20.0. The summed E-state index contributed by atoms with van der Waals surface area (Å²) in [5.74, 6) is 0.110. The number of fused-ring (bicyclic) bond motifs is 4. The lowest BCUT2D eigenvalue weighted by molar-refractivity contribution is -0.143. The number of aliphatic hydroxyl groups excluding tert-OH is 1. The topological polar surface area (TPSA) is 139 Å². The molecule has 0 aliphatic carbocycles. The Balaban J connectivity index is 1.29. The first-order valence-electron chi connectivity index (χ1n) is 15.2. The fourth-order valence-electron chi connectivity index (χ4n) is 7.30. The largest absolute Gasteiger partial charge is 0.454 e. The average Bonchev–Trinajstić information content (AvgIpc) is 3.64. The Kier molecular flexibility index (Phi) is 7.12. The smallest absolute Gasteiger partial charge is 0.266 e. The maximum absolute atomic E-state index is 14.1. The number of benzene rings is 3. The maximum Gasteiger partial charge on any atom is 0.266 e. The van der Waals surface area contributed by atoms with Gasteiger partial charge in [0.05, 0.1) is 23.0 Å². The van der Waals surface area contributed by atoms with Gasteiger partial charge in [0.25, 0.3) is 11.8 Å². The van der Waals surface area contributed by atoms with Crippen molar-refractivity contribution in [1.82, 2.24) is 15.0 Å². The third-order valence-corrected chi connectivity index (χ3v) is 11.7. The lowest BCUT2D eigenvalue weighted by atomic mass is 9.82. The number of aryl methyl sites for hydroxylation is 1. The van der Waals surface area contributed by atoms with Gasteiger partial charge in [0.1, 0.15) is 5.75 Å². The molecule has 4 aromatic rings. The molecule has 232 valence electrons. The summed E-state index contributed by atoms with van der Waals surface area (Å²) in [6.45, 7) is 6.20. The van der Waals surface area contributed by atoms with Crippen molar-refractivity contribution in [2.45, 2.75) is 56.7 Å². The van der Waals surface area contributed by atoms with E-state index < -0.39 is 20.0 Å². The van der Waals surface area contributed by atoms with Crippen molar-refractivity contribution >= 4 is 37.2 Å². The molecule has 0 unspecified atom stereocenters. The first-order chi connectivity index (χ1) is 21.6. The predicted octanol–water partition coefficient (Wildman–Crippen LogP) is 4.74. The summed E-state index contributed by atoms with van der Waals surface area (Å²) in [5.41, 5.74) is 1.89. The van der Waals surface area contributed by atoms with E-state index in [1.54, 1.807) is 34.0 Å². The molecule has 3 aromatic carbocycles. The highest BCUT2D eigenvalue weighted by atomic mass is 28.4. The zero-order valence-corrected chi connectivity index (χ0v) is 26.3. The molecule has 12 heteroatoms. The lowest BCUT2D eigenvalue weighted by Gasteiger charge is -2.32. The van der Waals surface area contributed by atoms with Crippen LogP contribution >= 0.6 is 0 Å². The molecule has 3 aliphatic heterocycles. The number of carbonyl (C=O) groups excluding carboxylic acids is 2. The molecular weight excluding hydrogens is 590 g/mol. The van der Waals surface area contributed by atoms with Crippen LogP contribution in [0.15, 0.2) is 72.9 Å². The molecular formula is C33H35N5O6Si. The van der Waals surface area contributed by atoms with Crippen LogP contribution in [0.3, 0.4) is 0 Å². The van der Waals surface area contributed by atoms with Crippen LogP contribution < -0.4 is 15.0 Å². The van der Waals surface area contributed by atoms with E-state index in [0.29, 0.717) is 64.8 Å². The van der Waals surface area contributed by atoms with Crippen molar-refractivity contribution in [2.75, 3.05) is 16.8 Å². The number of anilines is 3. The van der Waals surface area contributed by atoms with E-state index >= 15 is 0 Å². The molecule has 3 N–H and O–H groups in total. The Labute approximate surface area is 261 Å². The van der Waals surface area contributed by atoms with Crippen LogP contribution in [-0.4, -0.2) is 57.7 Å². The molecule has 4 heterocycles. The predicted molar refractivity (Wildman–Crippen MR) is 169 cm³/mol. The standard InChI is InChI=1S/C33H35N5O6Si/c1-20-30(45(2,3)42)29(14-16-37-19-21(15-17-39)35-36-37)44-33(20)24-18-22(12-13-25(24)34-32(33)41)38-26-9-5-7-11-28(26)43-27-10-6-4-8-23(27)31(38)40/h4-13,18-20,29-30,39,42H,14-17H2,1-3H3,(H,34,41)/t20-,29+,30-,33+/m0/s1. The van der Waals surface area contributed by atoms with Gasteiger partial charge in [-0.05, 0) is 62.0 Å². The van der Waals surface area contributed by atoms with E-state index in [1.807, 2.05) is 68.5 Å². The van der Waals surface area contributed by atoms with Crippen LogP contribution in [0, 0.1) is 5.92 Å². The molecule has 1 saturated heterocycles. The summed E-state index contributed by atoms with van der Waals surface area (Å²) in [4.78, 5) is 41.2. The van der Waals surface area contributed by atoms with E-state index in [9.17, 15) is 19.5 Å². The molecule has 11 nitrogen and oxygen atoms in total. The van der Waals surface area contributed by atoms with Crippen molar-refractivity contribution in [1.29, 1.82) is 0 Å². The van der Waals surface area contributed by atoms with Gasteiger partial charge in [-0.1, -0.05) is 36.4 Å². The van der Waals surface area contributed by atoms with Gasteiger partial charge in [-0.2, -0.15) is 0 Å². The third kappa shape index (κ3) is 4.76. The van der Waals surface area contributed by atoms with Crippen LogP contribution in [0.4, 0.5) is 17.1 Å². The normalized spacial score (nSPS) is 23.8. The van der Waals surface area contributed by atoms with Crippen LogP contribution in [0.25, 0.3) is 0 Å². The first kappa shape index (κ1) is 29.4. The second-order valence-corrected chi connectivity index (χ2v) is 16.5. The van der Waals surface area contributed by atoms with Crippen molar-refractivity contribution < 1.29 is 29.0 Å². The molecule has 0 bridgehead atoms. The number of aliphatic hydroxyl groups is 1. The number of nitrogens with zero attached hydrogens (tertiary/aromatic N) is 4. The zero-order chi connectivity index (χ0) is 31.5. The Hall–Kier alpha value is -4.36. The van der Waals surface area contributed by atoms with E-state index in [-0.39, 0.29) is 29.9 Å². The minimum atomic E-state index is -2.86. The molecule has 1 aromatic heterocycles. The van der Waals surface area contributed by atoms with Gasteiger partial charge in [-0.3, -0.25) is 19.2 Å². The molecule has 0 saturated carbocycles. The van der Waals surface area contributed by atoms with Gasteiger partial charge in [0.15, 0.2) is 19.7 Å². The minimum Gasteiger partial charge on any atom is -0.454 e. The maximum atomic E-state index is 14.1. The van der Waals surface area contributed by atoms with Gasteiger partial charge in [0, 0.05) is 54.2 Å². The number of hydrogen-bond donors (Lipinski definition) is 3. The number of amides is 2. The number of ether oxygens (including phenoxy) is 2. The van der Waals surface area contributed by atoms with E-state index in [0.717, 1.165) is 0 Å². The van der Waals surface area contributed by atoms with Crippen LogP contribution in [-0.2, 0) is 28.1 Å². The highest BCUT2D eigenvalue weighted by Gasteiger charge is 2.64. The van der Waals surface area contributed by atoms with Crippen LogP contribution in [0.2, 0.25) is 18.6 Å². The Morgan fingerprint density at radius 3 is 2.58 bits per heavy atom. The van der Waals surface area contributed by atoms with Crippen molar-refractivity contribution in [3.63, 3.8) is 0 Å². The number of rotatable bonds is 7. The van der Waals surface area contributed by atoms with Crippen molar-refractivity contribution in [3.8, 4) is 11.5 Å². The molecule has 4 atom stereocenters. The summed E-state index contributed by atoms with van der Waals surface area (Å²) < 4.78 is 14.7. The monoisotopic (exact) mass is 625 g/mol. The number of carbonyl (C=O) groups is 2. The van der Waals surface area contributed by atoms with Gasteiger partial charge < -0.3 is 24.7 Å². The minimum absolute atomic E-state index is 0.0124. The summed E-state index contributed by atoms with van der Waals surface area (Å²) in [7, 11) is -2.86. The van der Waals surface area contributed by atoms with Gasteiger partial charge in [-0.25, -0.2) is 0 Å². The lowest BCUT2D eigenvalue weighted by Crippen LogP contribution is -2.43. The van der Waals surface area contributed by atoms with E-state index in [1.165, 1.54) is 0 Å². The second kappa shape index (κ2) is 10.9. The number of para-hydroxylation sites is 3.